The number of nitrogens with one attached hydrogen (secondary N) is 2. The molecule has 0 aliphatic carbocycles. The molecule has 2 N–H and O–H groups in total. The summed E-state index contributed by atoms with van der Waals surface area (Å²) in [5.74, 6) is 0.890. The van der Waals surface area contributed by atoms with Crippen molar-refractivity contribution in [2.45, 2.75) is 31.9 Å². The summed E-state index contributed by atoms with van der Waals surface area (Å²) in [4.78, 5) is 14.4. The van der Waals surface area contributed by atoms with Crippen molar-refractivity contribution in [3.8, 4) is 5.75 Å². The molecule has 6 nitrogen and oxygen atoms in total. The summed E-state index contributed by atoms with van der Waals surface area (Å²) in [6.07, 6.45) is 7.80. The van der Waals surface area contributed by atoms with Crippen LogP contribution in [0.5, 0.6) is 5.75 Å². The largest absolute Gasteiger partial charge is 0.481 e. The van der Waals surface area contributed by atoms with Crippen molar-refractivity contribution in [2.24, 2.45) is 0 Å². The van der Waals surface area contributed by atoms with E-state index in [4.69, 9.17) is 4.74 Å². The Hall–Kier alpha value is -2.76. The molecule has 2 aliphatic heterocycles. The van der Waals surface area contributed by atoms with Gasteiger partial charge >= 0.3 is 6.03 Å². The van der Waals surface area contributed by atoms with Crippen LogP contribution in [-0.2, 0) is 6.54 Å². The lowest BCUT2D eigenvalue weighted by Gasteiger charge is -2.42. The Kier molecular flexibility index (Phi) is 3.95. The zero-order valence-corrected chi connectivity index (χ0v) is 14.3. The standard InChI is InChI=1S/C19H22N4O2/c1-14-16(12-21-22-14)11-20-18(24)23-10-4-8-19(13-23)9-7-15-5-2-3-6-17(15)25-19/h2-3,5-7,9,12H,4,8,10-11,13H2,1H3,(H,20,24)(H,21,22). The van der Waals surface area contributed by atoms with Crippen LogP contribution in [0.25, 0.3) is 6.08 Å². The van der Waals surface area contributed by atoms with Crippen LogP contribution >= 0.6 is 0 Å². The summed E-state index contributed by atoms with van der Waals surface area (Å²) in [5.41, 5.74) is 2.65. The number of urea groups is 1. The van der Waals surface area contributed by atoms with E-state index in [2.05, 4.69) is 27.7 Å². The number of para-hydroxylation sites is 1. The fourth-order valence-corrected chi connectivity index (χ4v) is 3.49. The minimum atomic E-state index is -0.421. The van der Waals surface area contributed by atoms with Crippen molar-refractivity contribution in [3.63, 3.8) is 0 Å². The van der Waals surface area contributed by atoms with Gasteiger partial charge in [0, 0.05) is 29.9 Å². The number of H-pyrrole nitrogens is 1. The first-order valence-corrected chi connectivity index (χ1v) is 8.64. The molecule has 1 spiro atoms. The van der Waals surface area contributed by atoms with Gasteiger partial charge in [0.1, 0.15) is 11.4 Å². The number of carbonyl (C=O) groups is 1. The average Bonchev–Trinajstić information content (AvgIpc) is 3.04. The Morgan fingerprint density at radius 1 is 1.44 bits per heavy atom. The summed E-state index contributed by atoms with van der Waals surface area (Å²) in [5, 5.41) is 9.85. The number of amides is 2. The van der Waals surface area contributed by atoms with Crippen molar-refractivity contribution in [3.05, 3.63) is 53.4 Å². The van der Waals surface area contributed by atoms with Gasteiger partial charge in [0.25, 0.3) is 0 Å². The number of hydrogen-bond donors (Lipinski definition) is 2. The van der Waals surface area contributed by atoms with Crippen LogP contribution in [0.3, 0.4) is 0 Å². The van der Waals surface area contributed by atoms with Crippen molar-refractivity contribution in [1.82, 2.24) is 20.4 Å². The molecule has 25 heavy (non-hydrogen) atoms. The Bertz CT molecular complexity index is 813. The molecule has 0 saturated carbocycles. The quantitative estimate of drug-likeness (QED) is 0.884. The lowest BCUT2D eigenvalue weighted by molar-refractivity contribution is 0.0414. The summed E-state index contributed by atoms with van der Waals surface area (Å²) >= 11 is 0. The number of aromatic nitrogens is 2. The predicted molar refractivity (Wildman–Crippen MR) is 95.2 cm³/mol. The maximum atomic E-state index is 12.6. The molecule has 1 aromatic carbocycles. The molecule has 4 rings (SSSR count). The van der Waals surface area contributed by atoms with Crippen molar-refractivity contribution >= 4 is 12.1 Å². The molecule has 1 fully saturated rings. The van der Waals surface area contributed by atoms with E-state index in [1.54, 1.807) is 6.20 Å². The molecule has 1 unspecified atom stereocenters. The van der Waals surface area contributed by atoms with Gasteiger partial charge in [0.15, 0.2) is 0 Å². The van der Waals surface area contributed by atoms with Crippen molar-refractivity contribution in [2.75, 3.05) is 13.1 Å². The second kappa shape index (κ2) is 6.27. The minimum Gasteiger partial charge on any atom is -0.481 e. The van der Waals surface area contributed by atoms with Crippen LogP contribution in [-0.4, -0.2) is 39.8 Å². The Morgan fingerprint density at radius 3 is 3.16 bits per heavy atom. The van der Waals surface area contributed by atoms with Gasteiger partial charge in [-0.1, -0.05) is 24.3 Å². The Labute approximate surface area is 146 Å². The number of nitrogens with zero attached hydrogens (tertiary/aromatic N) is 2. The number of hydrogen-bond acceptors (Lipinski definition) is 3. The fraction of sp³-hybridized carbons (Fsp3) is 0.368. The second-order valence-corrected chi connectivity index (χ2v) is 6.74. The molecule has 3 heterocycles. The first kappa shape index (κ1) is 15.7. The van der Waals surface area contributed by atoms with Gasteiger partial charge in [-0.3, -0.25) is 5.10 Å². The number of carbonyl (C=O) groups excluding carboxylic acids is 1. The highest BCUT2D eigenvalue weighted by molar-refractivity contribution is 5.74. The molecule has 1 aromatic heterocycles. The van der Waals surface area contributed by atoms with E-state index in [0.29, 0.717) is 13.1 Å². The maximum absolute atomic E-state index is 12.6. The minimum absolute atomic E-state index is 0.0597. The van der Waals surface area contributed by atoms with E-state index >= 15 is 0 Å². The van der Waals surface area contributed by atoms with Crippen molar-refractivity contribution in [1.29, 1.82) is 0 Å². The molecule has 2 aliphatic rings. The predicted octanol–water partition coefficient (Wildman–Crippen LogP) is 2.87. The topological polar surface area (TPSA) is 70.2 Å². The number of aryl methyl sites for hydroxylation is 1. The van der Waals surface area contributed by atoms with Gasteiger partial charge in [-0.05, 0) is 31.9 Å². The van der Waals surface area contributed by atoms with E-state index in [9.17, 15) is 4.79 Å². The van der Waals surface area contributed by atoms with E-state index in [0.717, 1.165) is 42.0 Å². The third kappa shape index (κ3) is 3.12. The number of fused-ring (bicyclic) bond motifs is 1. The Balaban J connectivity index is 1.43. The molecular weight excluding hydrogens is 316 g/mol. The number of ether oxygens (including phenoxy) is 1. The third-order valence-electron chi connectivity index (χ3n) is 4.94. The fourth-order valence-electron chi connectivity index (χ4n) is 3.49. The summed E-state index contributed by atoms with van der Waals surface area (Å²) in [7, 11) is 0. The van der Waals surface area contributed by atoms with Crippen LogP contribution in [0.4, 0.5) is 4.79 Å². The highest BCUT2D eigenvalue weighted by Crippen LogP contribution is 2.35. The lowest BCUT2D eigenvalue weighted by Crippen LogP contribution is -2.55. The molecule has 0 radical (unpaired) electrons. The van der Waals surface area contributed by atoms with Crippen LogP contribution < -0.4 is 10.1 Å². The van der Waals surface area contributed by atoms with E-state index < -0.39 is 5.60 Å². The number of likely N-dealkylation sites (tertiary alicyclic amines) is 1. The first-order valence-electron chi connectivity index (χ1n) is 8.64. The second-order valence-electron chi connectivity index (χ2n) is 6.74. The van der Waals surface area contributed by atoms with Crippen LogP contribution in [0.15, 0.2) is 36.5 Å². The van der Waals surface area contributed by atoms with Gasteiger partial charge in [-0.25, -0.2) is 4.79 Å². The summed E-state index contributed by atoms with van der Waals surface area (Å²) in [6.45, 7) is 3.73. The normalized spacial score (nSPS) is 21.7. The molecule has 130 valence electrons. The zero-order valence-electron chi connectivity index (χ0n) is 14.3. The monoisotopic (exact) mass is 338 g/mol. The van der Waals surface area contributed by atoms with Crippen molar-refractivity contribution < 1.29 is 9.53 Å². The molecule has 2 amide bonds. The van der Waals surface area contributed by atoms with Gasteiger partial charge in [0.2, 0.25) is 0 Å². The van der Waals surface area contributed by atoms with Gasteiger partial charge < -0.3 is 15.0 Å². The molecular formula is C19H22N4O2. The smallest absolute Gasteiger partial charge is 0.317 e. The average molecular weight is 338 g/mol. The SMILES string of the molecule is Cc1[nH]ncc1CNC(=O)N1CCCC2(C=Cc3ccccc3O2)C1. The first-order chi connectivity index (χ1) is 12.2. The van der Waals surface area contributed by atoms with Gasteiger partial charge in [-0.15, -0.1) is 0 Å². The molecule has 2 aromatic rings. The highest BCUT2D eigenvalue weighted by atomic mass is 16.5. The Morgan fingerprint density at radius 2 is 2.32 bits per heavy atom. The third-order valence-corrected chi connectivity index (χ3v) is 4.94. The maximum Gasteiger partial charge on any atom is 0.317 e. The lowest BCUT2D eigenvalue weighted by atomic mass is 9.89. The summed E-state index contributed by atoms with van der Waals surface area (Å²) in [6, 6.07) is 7.95. The van der Waals surface area contributed by atoms with Gasteiger partial charge in [-0.2, -0.15) is 5.10 Å². The molecule has 0 bridgehead atoms. The molecule has 6 heteroatoms. The van der Waals surface area contributed by atoms with E-state index in [-0.39, 0.29) is 6.03 Å². The molecule has 1 atom stereocenters. The molecule has 1 saturated heterocycles. The number of rotatable bonds is 2. The van der Waals surface area contributed by atoms with Crippen LogP contribution in [0.1, 0.15) is 29.7 Å². The van der Waals surface area contributed by atoms with E-state index in [1.165, 1.54) is 0 Å². The van der Waals surface area contributed by atoms with E-state index in [1.807, 2.05) is 36.1 Å². The summed E-state index contributed by atoms with van der Waals surface area (Å²) < 4.78 is 6.29. The highest BCUT2D eigenvalue weighted by Gasteiger charge is 2.39. The number of piperidine rings is 1. The van der Waals surface area contributed by atoms with Gasteiger partial charge in [0.05, 0.1) is 12.7 Å². The zero-order chi connectivity index (χ0) is 17.3. The van der Waals surface area contributed by atoms with Crippen LogP contribution in [0.2, 0.25) is 0 Å². The number of aromatic amines is 1. The van der Waals surface area contributed by atoms with Crippen LogP contribution in [0, 0.1) is 6.92 Å². The number of benzene rings is 1.